The number of nitrogens with zero attached hydrogens (tertiary/aromatic N) is 2. The van der Waals surface area contributed by atoms with Crippen LogP contribution in [0.4, 0.5) is 0 Å². The zero-order valence-electron chi connectivity index (χ0n) is 14.1. The number of pyridine rings is 1. The Morgan fingerprint density at radius 2 is 1.92 bits per heavy atom. The number of piperidine rings is 1. The van der Waals surface area contributed by atoms with Gasteiger partial charge in [0, 0.05) is 31.9 Å². The van der Waals surface area contributed by atoms with Crippen LogP contribution in [-0.4, -0.2) is 28.0 Å². The monoisotopic (exact) mass is 324 g/mol. The molecular weight excluding hydrogens is 300 g/mol. The fourth-order valence-corrected chi connectivity index (χ4v) is 3.43. The molecule has 0 saturated carbocycles. The van der Waals surface area contributed by atoms with E-state index in [1.165, 1.54) is 22.6 Å². The zero-order valence-corrected chi connectivity index (χ0v) is 14.1. The van der Waals surface area contributed by atoms with Gasteiger partial charge < -0.3 is 9.47 Å². The van der Waals surface area contributed by atoms with Crippen LogP contribution in [0, 0.1) is 0 Å². The van der Waals surface area contributed by atoms with Crippen molar-refractivity contribution in [3.63, 3.8) is 0 Å². The molecule has 24 heavy (non-hydrogen) atoms. The number of hydrogen-bond donors (Lipinski definition) is 0. The summed E-state index contributed by atoms with van der Waals surface area (Å²) >= 11 is 0. The van der Waals surface area contributed by atoms with Gasteiger partial charge in [-0.3, -0.25) is 9.59 Å². The van der Waals surface area contributed by atoms with E-state index in [1.54, 1.807) is 19.3 Å². The van der Waals surface area contributed by atoms with Crippen LogP contribution in [0.3, 0.4) is 0 Å². The molecule has 1 amide bonds. The normalized spacial score (nSPS) is 17.7. The zero-order chi connectivity index (χ0) is 16.9. The Morgan fingerprint density at radius 1 is 1.12 bits per heavy atom. The highest BCUT2D eigenvalue weighted by Crippen LogP contribution is 2.23. The van der Waals surface area contributed by atoms with Gasteiger partial charge in [-0.2, -0.15) is 0 Å². The highest BCUT2D eigenvalue weighted by molar-refractivity contribution is 5.94. The van der Waals surface area contributed by atoms with Crippen LogP contribution in [0.5, 0.6) is 0 Å². The molecule has 126 valence electrons. The maximum Gasteiger partial charge on any atom is 0.255 e. The lowest BCUT2D eigenvalue weighted by molar-refractivity contribution is 0.0601. The first-order chi connectivity index (χ1) is 11.6. The second-order valence-electron chi connectivity index (χ2n) is 6.54. The van der Waals surface area contributed by atoms with E-state index in [9.17, 15) is 9.59 Å². The lowest BCUT2D eigenvalue weighted by Gasteiger charge is -2.36. The topological polar surface area (TPSA) is 42.3 Å². The van der Waals surface area contributed by atoms with Crippen LogP contribution in [0.25, 0.3) is 0 Å². The van der Waals surface area contributed by atoms with Gasteiger partial charge in [0.25, 0.3) is 5.91 Å². The van der Waals surface area contributed by atoms with E-state index in [1.807, 2.05) is 11.0 Å². The number of amides is 1. The first-order valence-corrected chi connectivity index (χ1v) is 8.67. The Bertz CT molecular complexity index is 752. The maximum atomic E-state index is 12.9. The summed E-state index contributed by atoms with van der Waals surface area (Å²) in [6, 6.07) is 13.8. The second kappa shape index (κ2) is 7.47. The van der Waals surface area contributed by atoms with Gasteiger partial charge in [0.2, 0.25) is 5.56 Å². The van der Waals surface area contributed by atoms with Crippen molar-refractivity contribution in [2.45, 2.75) is 38.1 Å². The molecule has 2 aromatic rings. The van der Waals surface area contributed by atoms with E-state index in [0.29, 0.717) is 5.56 Å². The van der Waals surface area contributed by atoms with Crippen molar-refractivity contribution < 1.29 is 4.79 Å². The molecule has 0 bridgehead atoms. The smallest absolute Gasteiger partial charge is 0.255 e. The SMILES string of the molecule is Cn1cc(C(=O)N2CCCC[C@H]2CCc2ccccc2)ccc1=O. The molecule has 4 nitrogen and oxygen atoms in total. The molecule has 1 aromatic carbocycles. The number of benzene rings is 1. The Balaban J connectivity index is 1.72. The minimum atomic E-state index is -0.0918. The van der Waals surface area contributed by atoms with E-state index in [2.05, 4.69) is 24.3 Å². The fraction of sp³-hybridized carbons (Fsp3) is 0.400. The third-order valence-electron chi connectivity index (χ3n) is 4.83. The van der Waals surface area contributed by atoms with Crippen LogP contribution >= 0.6 is 0 Å². The highest BCUT2D eigenvalue weighted by atomic mass is 16.2. The van der Waals surface area contributed by atoms with Crippen LogP contribution in [0.1, 0.15) is 41.6 Å². The average Bonchev–Trinajstić information content (AvgIpc) is 2.63. The largest absolute Gasteiger partial charge is 0.336 e. The van der Waals surface area contributed by atoms with Gasteiger partial charge in [0.1, 0.15) is 0 Å². The first kappa shape index (κ1) is 16.5. The summed E-state index contributed by atoms with van der Waals surface area (Å²) < 4.78 is 1.47. The highest BCUT2D eigenvalue weighted by Gasteiger charge is 2.27. The summed E-state index contributed by atoms with van der Waals surface area (Å²) in [6.07, 6.45) is 6.91. The molecule has 1 fully saturated rings. The minimum absolute atomic E-state index is 0.0448. The number of carbonyl (C=O) groups is 1. The maximum absolute atomic E-state index is 12.9. The summed E-state index contributed by atoms with van der Waals surface area (Å²) in [5.41, 5.74) is 1.83. The van der Waals surface area contributed by atoms with Gasteiger partial charge >= 0.3 is 0 Å². The van der Waals surface area contributed by atoms with E-state index in [-0.39, 0.29) is 17.5 Å². The average molecular weight is 324 g/mol. The molecule has 4 heteroatoms. The second-order valence-corrected chi connectivity index (χ2v) is 6.54. The van der Waals surface area contributed by atoms with Gasteiger partial charge in [0.15, 0.2) is 0 Å². The molecule has 0 unspecified atom stereocenters. The first-order valence-electron chi connectivity index (χ1n) is 8.67. The van der Waals surface area contributed by atoms with Crippen LogP contribution in [-0.2, 0) is 13.5 Å². The number of carbonyl (C=O) groups excluding carboxylic acids is 1. The molecule has 0 radical (unpaired) electrons. The molecule has 1 atom stereocenters. The van der Waals surface area contributed by atoms with Crippen LogP contribution in [0.2, 0.25) is 0 Å². The van der Waals surface area contributed by atoms with Crippen molar-refractivity contribution in [1.82, 2.24) is 9.47 Å². The van der Waals surface area contributed by atoms with E-state index in [4.69, 9.17) is 0 Å². The molecule has 0 aliphatic carbocycles. The van der Waals surface area contributed by atoms with Crippen LogP contribution < -0.4 is 5.56 Å². The molecule has 3 rings (SSSR count). The van der Waals surface area contributed by atoms with Gasteiger partial charge in [-0.1, -0.05) is 30.3 Å². The third kappa shape index (κ3) is 3.75. The molecule has 1 saturated heterocycles. The van der Waals surface area contributed by atoms with Crippen molar-refractivity contribution in [2.75, 3.05) is 6.54 Å². The number of aryl methyl sites for hydroxylation is 2. The van der Waals surface area contributed by atoms with Gasteiger partial charge in [0.05, 0.1) is 5.56 Å². The minimum Gasteiger partial charge on any atom is -0.336 e. The van der Waals surface area contributed by atoms with Crippen LogP contribution in [0.15, 0.2) is 53.5 Å². The molecule has 1 aliphatic heterocycles. The quantitative estimate of drug-likeness (QED) is 0.867. The van der Waals surface area contributed by atoms with E-state index >= 15 is 0 Å². The summed E-state index contributed by atoms with van der Waals surface area (Å²) in [7, 11) is 1.68. The van der Waals surface area contributed by atoms with Crippen molar-refractivity contribution >= 4 is 5.91 Å². The molecule has 0 N–H and O–H groups in total. The predicted octanol–water partition coefficient (Wildman–Crippen LogP) is 3.01. The lowest BCUT2D eigenvalue weighted by Crippen LogP contribution is -2.44. The van der Waals surface area contributed by atoms with Crippen molar-refractivity contribution in [3.05, 3.63) is 70.1 Å². The number of likely N-dealkylation sites (tertiary alicyclic amines) is 1. The summed E-state index contributed by atoms with van der Waals surface area (Å²) in [5, 5.41) is 0. The molecule has 2 heterocycles. The van der Waals surface area contributed by atoms with Crippen molar-refractivity contribution in [1.29, 1.82) is 0 Å². The van der Waals surface area contributed by atoms with Gasteiger partial charge in [-0.25, -0.2) is 0 Å². The molecule has 1 aromatic heterocycles. The van der Waals surface area contributed by atoms with Gasteiger partial charge in [-0.05, 0) is 43.7 Å². The molecule has 1 aliphatic rings. The summed E-state index contributed by atoms with van der Waals surface area (Å²) in [6.45, 7) is 0.807. The van der Waals surface area contributed by atoms with Crippen molar-refractivity contribution in [3.8, 4) is 0 Å². The van der Waals surface area contributed by atoms with E-state index < -0.39 is 0 Å². The standard InChI is InChI=1S/C20H24N2O2/c1-21-15-17(11-13-19(21)23)20(24)22-14-6-5-9-18(22)12-10-16-7-3-2-4-8-16/h2-4,7-8,11,13,15,18H,5-6,9-10,12,14H2,1H3/t18-/m0/s1. The summed E-state index contributed by atoms with van der Waals surface area (Å²) in [4.78, 5) is 26.4. The van der Waals surface area contributed by atoms with Gasteiger partial charge in [-0.15, -0.1) is 0 Å². The lowest BCUT2D eigenvalue weighted by atomic mass is 9.95. The summed E-state index contributed by atoms with van der Waals surface area (Å²) in [5.74, 6) is 0.0448. The number of hydrogen-bond acceptors (Lipinski definition) is 2. The predicted molar refractivity (Wildman–Crippen MR) is 95.1 cm³/mol. The third-order valence-corrected chi connectivity index (χ3v) is 4.83. The number of rotatable bonds is 4. The number of aromatic nitrogens is 1. The van der Waals surface area contributed by atoms with Crippen molar-refractivity contribution in [2.24, 2.45) is 7.05 Å². The Hall–Kier alpha value is -2.36. The fourth-order valence-electron chi connectivity index (χ4n) is 3.43. The molecule has 0 spiro atoms. The Kier molecular flexibility index (Phi) is 5.14. The Labute approximate surface area is 142 Å². The Morgan fingerprint density at radius 3 is 2.67 bits per heavy atom. The van der Waals surface area contributed by atoms with E-state index in [0.717, 1.165) is 32.2 Å². The molecular formula is C20H24N2O2.